The Bertz CT molecular complexity index is 535. The predicted molar refractivity (Wildman–Crippen MR) is 73.1 cm³/mol. The average molecular weight is 240 g/mol. The fourth-order valence-corrected chi connectivity index (χ4v) is 2.02. The molecule has 1 aliphatic rings. The molecule has 1 heterocycles. The number of rotatable bonds is 3. The standard InChI is InChI=1S/C14H16N4/c15-12-9-13(16-11-7-4-8-11)18-14(17-12)10-5-2-1-3-6-10/h1-3,5-6,9,11H,4,7-8H2,(H3,15,16,17,18). The van der Waals surface area contributed by atoms with Crippen LogP contribution < -0.4 is 11.1 Å². The third-order valence-corrected chi connectivity index (χ3v) is 3.24. The number of aromatic nitrogens is 2. The van der Waals surface area contributed by atoms with E-state index >= 15 is 0 Å². The van der Waals surface area contributed by atoms with E-state index < -0.39 is 0 Å². The van der Waals surface area contributed by atoms with Crippen LogP contribution in [-0.4, -0.2) is 16.0 Å². The zero-order valence-corrected chi connectivity index (χ0v) is 10.1. The van der Waals surface area contributed by atoms with Crippen LogP contribution in [0.25, 0.3) is 11.4 Å². The largest absolute Gasteiger partial charge is 0.384 e. The molecular formula is C14H16N4. The fraction of sp³-hybridized carbons (Fsp3) is 0.286. The maximum absolute atomic E-state index is 5.84. The van der Waals surface area contributed by atoms with E-state index in [4.69, 9.17) is 5.73 Å². The monoisotopic (exact) mass is 240 g/mol. The van der Waals surface area contributed by atoms with Gasteiger partial charge in [-0.2, -0.15) is 0 Å². The summed E-state index contributed by atoms with van der Waals surface area (Å²) in [7, 11) is 0. The predicted octanol–water partition coefficient (Wildman–Crippen LogP) is 2.69. The summed E-state index contributed by atoms with van der Waals surface area (Å²) in [5.74, 6) is 2.01. The van der Waals surface area contributed by atoms with Gasteiger partial charge in [0, 0.05) is 17.7 Å². The van der Waals surface area contributed by atoms with Crippen LogP contribution >= 0.6 is 0 Å². The number of nitrogens with two attached hydrogens (primary N) is 1. The van der Waals surface area contributed by atoms with Crippen LogP contribution in [0.4, 0.5) is 11.6 Å². The van der Waals surface area contributed by atoms with Gasteiger partial charge in [0.15, 0.2) is 5.82 Å². The second-order valence-electron chi connectivity index (χ2n) is 4.64. The van der Waals surface area contributed by atoms with Gasteiger partial charge in [-0.25, -0.2) is 9.97 Å². The lowest BCUT2D eigenvalue weighted by Crippen LogP contribution is -2.27. The molecule has 1 fully saturated rings. The summed E-state index contributed by atoms with van der Waals surface area (Å²) in [6, 6.07) is 12.2. The first-order valence-corrected chi connectivity index (χ1v) is 6.28. The molecule has 0 atom stereocenters. The van der Waals surface area contributed by atoms with Crippen molar-refractivity contribution in [1.82, 2.24) is 9.97 Å². The molecule has 0 radical (unpaired) electrons. The molecule has 3 N–H and O–H groups in total. The van der Waals surface area contributed by atoms with Crippen molar-refractivity contribution in [3.8, 4) is 11.4 Å². The highest BCUT2D eigenvalue weighted by atomic mass is 15.1. The molecule has 0 saturated heterocycles. The minimum atomic E-state index is 0.505. The maximum atomic E-state index is 5.84. The Hall–Kier alpha value is -2.10. The number of hydrogen-bond acceptors (Lipinski definition) is 4. The molecule has 1 aromatic heterocycles. The van der Waals surface area contributed by atoms with Crippen LogP contribution in [0.5, 0.6) is 0 Å². The highest BCUT2D eigenvalue weighted by molar-refractivity contribution is 5.60. The first-order chi connectivity index (χ1) is 8.81. The van der Waals surface area contributed by atoms with Gasteiger partial charge in [-0.05, 0) is 19.3 Å². The van der Waals surface area contributed by atoms with Crippen molar-refractivity contribution < 1.29 is 0 Å². The van der Waals surface area contributed by atoms with Crippen molar-refractivity contribution >= 4 is 11.6 Å². The third kappa shape index (κ3) is 2.27. The molecule has 92 valence electrons. The summed E-state index contributed by atoms with van der Waals surface area (Å²) < 4.78 is 0. The number of nitrogens with zero attached hydrogens (tertiary/aromatic N) is 2. The van der Waals surface area contributed by atoms with Crippen molar-refractivity contribution in [3.05, 3.63) is 36.4 Å². The van der Waals surface area contributed by atoms with Crippen LogP contribution in [0.1, 0.15) is 19.3 Å². The molecule has 4 nitrogen and oxygen atoms in total. The van der Waals surface area contributed by atoms with Crippen LogP contribution in [0.3, 0.4) is 0 Å². The van der Waals surface area contributed by atoms with E-state index in [1.165, 1.54) is 19.3 Å². The van der Waals surface area contributed by atoms with Gasteiger partial charge < -0.3 is 11.1 Å². The zero-order chi connectivity index (χ0) is 12.4. The maximum Gasteiger partial charge on any atom is 0.163 e. The van der Waals surface area contributed by atoms with Crippen LogP contribution in [0, 0.1) is 0 Å². The first-order valence-electron chi connectivity index (χ1n) is 6.28. The second-order valence-corrected chi connectivity index (χ2v) is 4.64. The van der Waals surface area contributed by atoms with Gasteiger partial charge in [-0.3, -0.25) is 0 Å². The van der Waals surface area contributed by atoms with Crippen molar-refractivity contribution in [2.24, 2.45) is 0 Å². The molecule has 0 amide bonds. The molecular weight excluding hydrogens is 224 g/mol. The van der Waals surface area contributed by atoms with Crippen molar-refractivity contribution in [3.63, 3.8) is 0 Å². The SMILES string of the molecule is Nc1cc(NC2CCC2)nc(-c2ccccc2)n1. The quantitative estimate of drug-likeness (QED) is 0.865. The van der Waals surface area contributed by atoms with E-state index in [-0.39, 0.29) is 0 Å². The lowest BCUT2D eigenvalue weighted by atomic mass is 9.93. The Morgan fingerprint density at radius 3 is 2.56 bits per heavy atom. The molecule has 0 spiro atoms. The zero-order valence-electron chi connectivity index (χ0n) is 10.1. The van der Waals surface area contributed by atoms with E-state index in [0.29, 0.717) is 17.7 Å². The van der Waals surface area contributed by atoms with E-state index in [2.05, 4.69) is 15.3 Å². The van der Waals surface area contributed by atoms with Crippen molar-refractivity contribution in [2.45, 2.75) is 25.3 Å². The fourth-order valence-electron chi connectivity index (χ4n) is 2.02. The lowest BCUT2D eigenvalue weighted by Gasteiger charge is -2.27. The third-order valence-electron chi connectivity index (χ3n) is 3.24. The molecule has 0 bridgehead atoms. The summed E-state index contributed by atoms with van der Waals surface area (Å²) >= 11 is 0. The minimum Gasteiger partial charge on any atom is -0.384 e. The van der Waals surface area contributed by atoms with Gasteiger partial charge in [0.25, 0.3) is 0 Å². The summed E-state index contributed by atoms with van der Waals surface area (Å²) in [5.41, 5.74) is 6.83. The molecule has 1 aromatic carbocycles. The highest BCUT2D eigenvalue weighted by Crippen LogP contribution is 2.24. The van der Waals surface area contributed by atoms with Crippen LogP contribution in [-0.2, 0) is 0 Å². The summed E-state index contributed by atoms with van der Waals surface area (Å²) in [5, 5.41) is 3.40. The first kappa shape index (κ1) is 11.0. The molecule has 1 saturated carbocycles. The molecule has 3 rings (SSSR count). The number of hydrogen-bond donors (Lipinski definition) is 2. The summed E-state index contributed by atoms with van der Waals surface area (Å²) in [6.45, 7) is 0. The minimum absolute atomic E-state index is 0.505. The molecule has 0 unspecified atom stereocenters. The van der Waals surface area contributed by atoms with E-state index in [1.54, 1.807) is 6.07 Å². The molecule has 18 heavy (non-hydrogen) atoms. The Labute approximate surface area is 106 Å². The normalized spacial score (nSPS) is 15.1. The topological polar surface area (TPSA) is 63.8 Å². The number of benzene rings is 1. The van der Waals surface area contributed by atoms with Crippen LogP contribution in [0.2, 0.25) is 0 Å². The summed E-state index contributed by atoms with van der Waals surface area (Å²) in [4.78, 5) is 8.81. The van der Waals surface area contributed by atoms with Crippen LogP contribution in [0.15, 0.2) is 36.4 Å². The number of anilines is 2. The van der Waals surface area contributed by atoms with Gasteiger partial charge in [0.2, 0.25) is 0 Å². The molecule has 4 heteroatoms. The summed E-state index contributed by atoms with van der Waals surface area (Å²) in [6.07, 6.45) is 3.72. The second kappa shape index (κ2) is 4.64. The lowest BCUT2D eigenvalue weighted by molar-refractivity contribution is 0.444. The molecule has 1 aliphatic carbocycles. The van der Waals surface area contributed by atoms with E-state index in [0.717, 1.165) is 11.4 Å². The molecule has 0 aliphatic heterocycles. The Morgan fingerprint density at radius 2 is 1.89 bits per heavy atom. The van der Waals surface area contributed by atoms with E-state index in [1.807, 2.05) is 30.3 Å². The highest BCUT2D eigenvalue weighted by Gasteiger charge is 2.18. The van der Waals surface area contributed by atoms with Gasteiger partial charge in [-0.1, -0.05) is 30.3 Å². The van der Waals surface area contributed by atoms with Crippen molar-refractivity contribution in [1.29, 1.82) is 0 Å². The Kier molecular flexibility index (Phi) is 2.84. The Balaban J connectivity index is 1.90. The van der Waals surface area contributed by atoms with Gasteiger partial charge in [0.1, 0.15) is 11.6 Å². The number of nitrogens with one attached hydrogen (secondary N) is 1. The average Bonchev–Trinajstić information content (AvgIpc) is 2.34. The smallest absolute Gasteiger partial charge is 0.163 e. The van der Waals surface area contributed by atoms with Gasteiger partial charge >= 0.3 is 0 Å². The van der Waals surface area contributed by atoms with Crippen molar-refractivity contribution in [2.75, 3.05) is 11.1 Å². The molecule has 2 aromatic rings. The van der Waals surface area contributed by atoms with Gasteiger partial charge in [0.05, 0.1) is 0 Å². The van der Waals surface area contributed by atoms with Gasteiger partial charge in [-0.15, -0.1) is 0 Å². The Morgan fingerprint density at radius 1 is 1.11 bits per heavy atom. The van der Waals surface area contributed by atoms with E-state index in [9.17, 15) is 0 Å². The number of nitrogen functional groups attached to an aromatic ring is 1.